The standard InChI is InChI=1S/C23H34O6/c1-14(24)28-12-10-17-16(13-22(26)27-4)5-6-19-18(17)9-11-23(3)20(19)7-8-21(23)29-15(2)25/h10,12,16-21H,5-9,11,13H2,1-4H3/b12-10+/t16-,17-,18+,19+,20-,21-,23-/m0/s1. The van der Waals surface area contributed by atoms with E-state index in [-0.39, 0.29) is 41.3 Å². The summed E-state index contributed by atoms with van der Waals surface area (Å²) in [4.78, 5) is 34.7. The van der Waals surface area contributed by atoms with Gasteiger partial charge in [0.05, 0.1) is 13.4 Å². The summed E-state index contributed by atoms with van der Waals surface area (Å²) in [5, 5.41) is 0. The molecule has 0 amide bonds. The van der Waals surface area contributed by atoms with Crippen LogP contribution in [0.15, 0.2) is 12.3 Å². The van der Waals surface area contributed by atoms with Crippen molar-refractivity contribution < 1.29 is 28.6 Å². The van der Waals surface area contributed by atoms with Crippen LogP contribution in [0, 0.1) is 35.0 Å². The molecule has 0 aromatic carbocycles. The number of ether oxygens (including phenoxy) is 3. The molecule has 0 heterocycles. The minimum absolute atomic E-state index is 0.00813. The Balaban J connectivity index is 1.80. The zero-order valence-corrected chi connectivity index (χ0v) is 18.0. The molecule has 0 aliphatic heterocycles. The number of hydrogen-bond donors (Lipinski definition) is 0. The van der Waals surface area contributed by atoms with Crippen LogP contribution in [0.1, 0.15) is 65.7 Å². The molecule has 0 bridgehead atoms. The van der Waals surface area contributed by atoms with Crippen LogP contribution in [-0.2, 0) is 28.6 Å². The average molecular weight is 407 g/mol. The fourth-order valence-corrected chi connectivity index (χ4v) is 6.57. The van der Waals surface area contributed by atoms with E-state index in [2.05, 4.69) is 6.92 Å². The highest BCUT2D eigenvalue weighted by atomic mass is 16.5. The van der Waals surface area contributed by atoms with Crippen molar-refractivity contribution in [3.8, 4) is 0 Å². The summed E-state index contributed by atoms with van der Waals surface area (Å²) in [5.41, 5.74) is 0.0339. The van der Waals surface area contributed by atoms with E-state index in [0.717, 1.165) is 38.5 Å². The van der Waals surface area contributed by atoms with Gasteiger partial charge in [0, 0.05) is 25.7 Å². The molecule has 0 spiro atoms. The van der Waals surface area contributed by atoms with Gasteiger partial charge in [-0.15, -0.1) is 0 Å². The number of rotatable bonds is 5. The minimum Gasteiger partial charge on any atom is -0.469 e. The van der Waals surface area contributed by atoms with Gasteiger partial charge in [0.1, 0.15) is 6.10 Å². The Morgan fingerprint density at radius 3 is 2.41 bits per heavy atom. The topological polar surface area (TPSA) is 78.9 Å². The van der Waals surface area contributed by atoms with Gasteiger partial charge in [-0.25, -0.2) is 0 Å². The zero-order valence-electron chi connectivity index (χ0n) is 18.0. The van der Waals surface area contributed by atoms with E-state index in [9.17, 15) is 14.4 Å². The van der Waals surface area contributed by atoms with Crippen LogP contribution in [0.3, 0.4) is 0 Å². The van der Waals surface area contributed by atoms with E-state index in [1.54, 1.807) is 0 Å². The Hall–Kier alpha value is -1.85. The van der Waals surface area contributed by atoms with Crippen molar-refractivity contribution in [2.45, 2.75) is 71.8 Å². The van der Waals surface area contributed by atoms with E-state index in [1.807, 2.05) is 6.08 Å². The molecule has 0 aromatic rings. The van der Waals surface area contributed by atoms with E-state index in [1.165, 1.54) is 27.2 Å². The van der Waals surface area contributed by atoms with Gasteiger partial charge >= 0.3 is 17.9 Å². The van der Waals surface area contributed by atoms with Crippen molar-refractivity contribution in [2.24, 2.45) is 35.0 Å². The van der Waals surface area contributed by atoms with Crippen molar-refractivity contribution in [1.82, 2.24) is 0 Å². The van der Waals surface area contributed by atoms with Crippen LogP contribution >= 0.6 is 0 Å². The van der Waals surface area contributed by atoms with Crippen molar-refractivity contribution in [3.63, 3.8) is 0 Å². The van der Waals surface area contributed by atoms with Gasteiger partial charge in [0.2, 0.25) is 0 Å². The highest BCUT2D eigenvalue weighted by molar-refractivity contribution is 5.69. The lowest BCUT2D eigenvalue weighted by molar-refractivity contribution is -0.156. The lowest BCUT2D eigenvalue weighted by Crippen LogP contribution is -2.49. The largest absolute Gasteiger partial charge is 0.469 e. The van der Waals surface area contributed by atoms with Crippen LogP contribution in [0.25, 0.3) is 0 Å². The van der Waals surface area contributed by atoms with Crippen LogP contribution < -0.4 is 0 Å². The van der Waals surface area contributed by atoms with Crippen LogP contribution in [0.5, 0.6) is 0 Å². The molecule has 7 atom stereocenters. The monoisotopic (exact) mass is 406 g/mol. The molecule has 3 saturated carbocycles. The molecule has 3 aliphatic rings. The van der Waals surface area contributed by atoms with Crippen molar-refractivity contribution >= 4 is 17.9 Å². The first-order valence-corrected chi connectivity index (χ1v) is 10.8. The number of hydrogen-bond acceptors (Lipinski definition) is 6. The quantitative estimate of drug-likeness (QED) is 0.390. The third kappa shape index (κ3) is 4.51. The van der Waals surface area contributed by atoms with Gasteiger partial charge in [-0.1, -0.05) is 6.92 Å². The number of fused-ring (bicyclic) bond motifs is 3. The van der Waals surface area contributed by atoms with Gasteiger partial charge < -0.3 is 14.2 Å². The molecule has 3 fully saturated rings. The Bertz CT molecular complexity index is 670. The van der Waals surface area contributed by atoms with Gasteiger partial charge in [-0.05, 0) is 74.2 Å². The molecular weight excluding hydrogens is 372 g/mol. The number of esters is 3. The van der Waals surface area contributed by atoms with Gasteiger partial charge in [-0.3, -0.25) is 14.4 Å². The van der Waals surface area contributed by atoms with Crippen molar-refractivity contribution in [2.75, 3.05) is 7.11 Å². The Kier molecular flexibility index (Phi) is 6.69. The molecule has 29 heavy (non-hydrogen) atoms. The maximum atomic E-state index is 12.0. The highest BCUT2D eigenvalue weighted by Crippen LogP contribution is 2.62. The Morgan fingerprint density at radius 1 is 1.00 bits per heavy atom. The summed E-state index contributed by atoms with van der Waals surface area (Å²) in [5.74, 6) is 1.17. The summed E-state index contributed by atoms with van der Waals surface area (Å²) >= 11 is 0. The first-order chi connectivity index (χ1) is 13.8. The van der Waals surface area contributed by atoms with Gasteiger partial charge in [0.25, 0.3) is 0 Å². The lowest BCUT2D eigenvalue weighted by Gasteiger charge is -2.53. The molecule has 6 heteroatoms. The van der Waals surface area contributed by atoms with E-state index >= 15 is 0 Å². The zero-order chi connectivity index (χ0) is 21.2. The van der Waals surface area contributed by atoms with E-state index in [4.69, 9.17) is 14.2 Å². The summed E-state index contributed by atoms with van der Waals surface area (Å²) in [6, 6.07) is 0. The molecule has 0 unspecified atom stereocenters. The molecule has 0 aromatic heterocycles. The third-order valence-electron chi connectivity index (χ3n) is 7.81. The molecule has 0 saturated heterocycles. The second-order valence-electron chi connectivity index (χ2n) is 9.29. The van der Waals surface area contributed by atoms with Crippen molar-refractivity contribution in [3.05, 3.63) is 12.3 Å². The van der Waals surface area contributed by atoms with Crippen LogP contribution in [0.2, 0.25) is 0 Å². The normalized spacial score (nSPS) is 38.8. The maximum Gasteiger partial charge on any atom is 0.307 e. The summed E-state index contributed by atoms with van der Waals surface area (Å²) < 4.78 is 15.7. The summed E-state index contributed by atoms with van der Waals surface area (Å²) in [6.07, 6.45) is 9.99. The van der Waals surface area contributed by atoms with E-state index in [0.29, 0.717) is 24.2 Å². The van der Waals surface area contributed by atoms with Gasteiger partial charge in [0.15, 0.2) is 0 Å². The number of allylic oxidation sites excluding steroid dienone is 1. The minimum atomic E-state index is -0.339. The molecule has 6 nitrogen and oxygen atoms in total. The third-order valence-corrected chi connectivity index (χ3v) is 7.81. The van der Waals surface area contributed by atoms with Crippen LogP contribution in [0.4, 0.5) is 0 Å². The Morgan fingerprint density at radius 2 is 1.76 bits per heavy atom. The number of carbonyl (C=O) groups excluding carboxylic acids is 3. The molecule has 0 N–H and O–H groups in total. The smallest absolute Gasteiger partial charge is 0.307 e. The first-order valence-electron chi connectivity index (χ1n) is 10.8. The molecule has 162 valence electrons. The predicted octanol–water partition coefficient (Wildman–Crippen LogP) is 4.03. The van der Waals surface area contributed by atoms with Gasteiger partial charge in [-0.2, -0.15) is 0 Å². The maximum absolute atomic E-state index is 12.0. The fourth-order valence-electron chi connectivity index (χ4n) is 6.57. The summed E-state index contributed by atoms with van der Waals surface area (Å²) in [7, 11) is 1.43. The fraction of sp³-hybridized carbons (Fsp3) is 0.783. The molecule has 3 rings (SSSR count). The predicted molar refractivity (Wildman–Crippen MR) is 106 cm³/mol. The first kappa shape index (κ1) is 21.8. The SMILES string of the molecule is COC(=O)C[C@@H]1CC[C@@H]2[C@H](CC[C@]3(C)[C@@H](OC(C)=O)CC[C@@H]23)[C@H]1/C=C/OC(C)=O. The number of methoxy groups -OCH3 is 1. The second-order valence-corrected chi connectivity index (χ2v) is 9.29. The highest BCUT2D eigenvalue weighted by Gasteiger charge is 2.57. The van der Waals surface area contributed by atoms with Crippen LogP contribution in [-0.4, -0.2) is 31.1 Å². The van der Waals surface area contributed by atoms with Crippen molar-refractivity contribution in [1.29, 1.82) is 0 Å². The molecule has 3 aliphatic carbocycles. The number of carbonyl (C=O) groups is 3. The Labute approximate surface area is 173 Å². The van der Waals surface area contributed by atoms with E-state index < -0.39 is 0 Å². The average Bonchev–Trinajstić information content (AvgIpc) is 2.98. The molecule has 0 radical (unpaired) electrons. The second kappa shape index (κ2) is 8.88. The summed E-state index contributed by atoms with van der Waals surface area (Å²) in [6.45, 7) is 5.18. The lowest BCUT2D eigenvalue weighted by atomic mass is 9.52. The molecular formula is C23H34O6.